The number of carbonyl (C=O) groups excluding carboxylic acids is 1. The van der Waals surface area contributed by atoms with Crippen molar-refractivity contribution in [3.63, 3.8) is 0 Å². The quantitative estimate of drug-likeness (QED) is 0.682. The summed E-state index contributed by atoms with van der Waals surface area (Å²) < 4.78 is 4.54. The molecule has 1 aromatic rings. The number of benzene rings is 1. The highest BCUT2D eigenvalue weighted by Gasteiger charge is 2.06. The van der Waals surface area contributed by atoms with Crippen molar-refractivity contribution in [1.82, 2.24) is 0 Å². The summed E-state index contributed by atoms with van der Waals surface area (Å²) in [4.78, 5) is 10.9. The van der Waals surface area contributed by atoms with Crippen LogP contribution in [0.4, 0.5) is 0 Å². The number of carbonyl (C=O) groups is 1. The summed E-state index contributed by atoms with van der Waals surface area (Å²) in [5, 5.41) is 0.616. The highest BCUT2D eigenvalue weighted by Crippen LogP contribution is 2.18. The second kappa shape index (κ2) is 4.28. The molecule has 13 heavy (non-hydrogen) atoms. The first kappa shape index (κ1) is 10.1. The van der Waals surface area contributed by atoms with Crippen LogP contribution in [0.3, 0.4) is 0 Å². The summed E-state index contributed by atoms with van der Waals surface area (Å²) in [6, 6.07) is 5.60. The van der Waals surface area contributed by atoms with Crippen LogP contribution < -0.4 is 0 Å². The lowest BCUT2D eigenvalue weighted by molar-refractivity contribution is -0.139. The minimum Gasteiger partial charge on any atom is -0.469 e. The second-order valence-corrected chi connectivity index (χ2v) is 3.25. The molecule has 3 heteroatoms. The first-order valence-electron chi connectivity index (χ1n) is 3.95. The van der Waals surface area contributed by atoms with Gasteiger partial charge in [-0.3, -0.25) is 4.79 Å². The third-order valence-electron chi connectivity index (χ3n) is 1.77. The lowest BCUT2D eigenvalue weighted by atomic mass is 10.1. The van der Waals surface area contributed by atoms with E-state index in [-0.39, 0.29) is 12.4 Å². The van der Waals surface area contributed by atoms with Gasteiger partial charge >= 0.3 is 5.97 Å². The van der Waals surface area contributed by atoms with Gasteiger partial charge in [0.1, 0.15) is 0 Å². The average Bonchev–Trinajstić information content (AvgIpc) is 2.09. The lowest BCUT2D eigenvalue weighted by Gasteiger charge is -2.03. The zero-order valence-electron chi connectivity index (χ0n) is 7.63. The van der Waals surface area contributed by atoms with Gasteiger partial charge in [-0.05, 0) is 24.1 Å². The van der Waals surface area contributed by atoms with E-state index in [4.69, 9.17) is 11.6 Å². The molecule has 0 N–H and O–H groups in total. The predicted molar refractivity (Wildman–Crippen MR) is 51.9 cm³/mol. The summed E-state index contributed by atoms with van der Waals surface area (Å²) >= 11 is 5.92. The number of hydrogen-bond acceptors (Lipinski definition) is 2. The summed E-state index contributed by atoms with van der Waals surface area (Å²) in [6.07, 6.45) is 0.232. The molecular weight excluding hydrogens is 188 g/mol. The highest BCUT2D eigenvalue weighted by molar-refractivity contribution is 6.31. The van der Waals surface area contributed by atoms with Gasteiger partial charge in [0.05, 0.1) is 13.5 Å². The van der Waals surface area contributed by atoms with E-state index in [0.29, 0.717) is 5.02 Å². The Kier molecular flexibility index (Phi) is 3.32. The molecule has 0 aromatic heterocycles. The van der Waals surface area contributed by atoms with E-state index in [1.54, 1.807) is 0 Å². The van der Waals surface area contributed by atoms with Gasteiger partial charge in [0.15, 0.2) is 0 Å². The minimum atomic E-state index is -0.272. The molecule has 2 nitrogen and oxygen atoms in total. The van der Waals surface area contributed by atoms with Crippen molar-refractivity contribution in [1.29, 1.82) is 0 Å². The molecule has 1 aromatic carbocycles. The largest absolute Gasteiger partial charge is 0.469 e. The normalized spacial score (nSPS) is 9.77. The molecule has 0 fully saturated rings. The van der Waals surface area contributed by atoms with Crippen LogP contribution in [0.25, 0.3) is 0 Å². The van der Waals surface area contributed by atoms with E-state index in [1.807, 2.05) is 25.1 Å². The van der Waals surface area contributed by atoms with Gasteiger partial charge in [0.2, 0.25) is 0 Å². The van der Waals surface area contributed by atoms with Crippen LogP contribution in [-0.4, -0.2) is 13.1 Å². The maximum absolute atomic E-state index is 10.9. The first-order chi connectivity index (χ1) is 6.13. The van der Waals surface area contributed by atoms with E-state index in [9.17, 15) is 4.79 Å². The standard InChI is InChI=1S/C10H11ClO2/c1-7-3-4-8(9(11)5-7)6-10(12)13-2/h3-5H,6H2,1-2H3. The number of hydrogen-bond donors (Lipinski definition) is 0. The number of methoxy groups -OCH3 is 1. The number of aryl methyl sites for hydroxylation is 1. The molecule has 0 bridgehead atoms. The van der Waals surface area contributed by atoms with Crippen LogP contribution in [0.1, 0.15) is 11.1 Å². The van der Waals surface area contributed by atoms with Crippen molar-refractivity contribution < 1.29 is 9.53 Å². The van der Waals surface area contributed by atoms with Gasteiger partial charge in [-0.2, -0.15) is 0 Å². The SMILES string of the molecule is COC(=O)Cc1ccc(C)cc1Cl. The van der Waals surface area contributed by atoms with Crippen molar-refractivity contribution in [2.45, 2.75) is 13.3 Å². The molecule has 0 radical (unpaired) electrons. The monoisotopic (exact) mass is 198 g/mol. The fraction of sp³-hybridized carbons (Fsp3) is 0.300. The summed E-state index contributed by atoms with van der Waals surface area (Å²) in [5.74, 6) is -0.272. The molecule has 0 unspecified atom stereocenters. The number of ether oxygens (including phenoxy) is 1. The van der Waals surface area contributed by atoms with E-state index in [2.05, 4.69) is 4.74 Å². The zero-order chi connectivity index (χ0) is 9.84. The predicted octanol–water partition coefficient (Wildman–Crippen LogP) is 2.36. The summed E-state index contributed by atoms with van der Waals surface area (Å²) in [7, 11) is 1.37. The van der Waals surface area contributed by atoms with Crippen LogP contribution in [0.2, 0.25) is 5.02 Å². The smallest absolute Gasteiger partial charge is 0.310 e. The van der Waals surface area contributed by atoms with Crippen molar-refractivity contribution in [2.75, 3.05) is 7.11 Å². The summed E-state index contributed by atoms with van der Waals surface area (Å²) in [5.41, 5.74) is 1.89. The number of rotatable bonds is 2. The third-order valence-corrected chi connectivity index (χ3v) is 2.12. The first-order valence-corrected chi connectivity index (χ1v) is 4.33. The van der Waals surface area contributed by atoms with Crippen LogP contribution in [-0.2, 0) is 16.0 Å². The lowest BCUT2D eigenvalue weighted by Crippen LogP contribution is -2.04. The molecule has 0 saturated carbocycles. The van der Waals surface area contributed by atoms with Gasteiger partial charge in [-0.1, -0.05) is 23.7 Å². The van der Waals surface area contributed by atoms with E-state index >= 15 is 0 Å². The summed E-state index contributed by atoms with van der Waals surface area (Å²) in [6.45, 7) is 1.95. The fourth-order valence-electron chi connectivity index (χ4n) is 1.02. The number of esters is 1. The maximum atomic E-state index is 10.9. The second-order valence-electron chi connectivity index (χ2n) is 2.85. The molecule has 0 amide bonds. The zero-order valence-corrected chi connectivity index (χ0v) is 8.39. The molecule has 0 aliphatic heterocycles. The maximum Gasteiger partial charge on any atom is 0.310 e. The van der Waals surface area contributed by atoms with Gasteiger partial charge in [0, 0.05) is 5.02 Å². The Bertz CT molecular complexity index is 321. The fourth-order valence-corrected chi connectivity index (χ4v) is 1.33. The van der Waals surface area contributed by atoms with Crippen LogP contribution in [0.5, 0.6) is 0 Å². The van der Waals surface area contributed by atoms with Crippen molar-refractivity contribution >= 4 is 17.6 Å². The minimum absolute atomic E-state index is 0.232. The van der Waals surface area contributed by atoms with Gasteiger partial charge in [-0.25, -0.2) is 0 Å². The Labute approximate surface area is 82.5 Å². The molecular formula is C10H11ClO2. The van der Waals surface area contributed by atoms with Crippen molar-refractivity contribution in [3.05, 3.63) is 34.3 Å². The third kappa shape index (κ3) is 2.74. The van der Waals surface area contributed by atoms with Gasteiger partial charge in [0.25, 0.3) is 0 Å². The Balaban J connectivity index is 2.83. The molecule has 1 rings (SSSR count). The molecule has 0 saturated heterocycles. The van der Waals surface area contributed by atoms with E-state index in [1.165, 1.54) is 7.11 Å². The van der Waals surface area contributed by atoms with E-state index in [0.717, 1.165) is 11.1 Å². The topological polar surface area (TPSA) is 26.3 Å². The Morgan fingerprint density at radius 2 is 2.23 bits per heavy atom. The molecule has 0 aliphatic rings. The average molecular weight is 199 g/mol. The number of halogens is 1. The van der Waals surface area contributed by atoms with Crippen LogP contribution in [0, 0.1) is 6.92 Å². The van der Waals surface area contributed by atoms with Crippen molar-refractivity contribution in [3.8, 4) is 0 Å². The van der Waals surface area contributed by atoms with Crippen LogP contribution >= 0.6 is 11.6 Å². The molecule has 0 heterocycles. The molecule has 0 spiro atoms. The molecule has 0 aliphatic carbocycles. The molecule has 0 atom stereocenters. The Morgan fingerprint density at radius 3 is 2.77 bits per heavy atom. The molecule has 70 valence electrons. The van der Waals surface area contributed by atoms with Gasteiger partial charge in [-0.15, -0.1) is 0 Å². The Hall–Kier alpha value is -1.02. The Morgan fingerprint density at radius 1 is 1.54 bits per heavy atom. The van der Waals surface area contributed by atoms with Crippen molar-refractivity contribution in [2.24, 2.45) is 0 Å². The van der Waals surface area contributed by atoms with Crippen LogP contribution in [0.15, 0.2) is 18.2 Å². The van der Waals surface area contributed by atoms with E-state index < -0.39 is 0 Å². The highest BCUT2D eigenvalue weighted by atomic mass is 35.5. The van der Waals surface area contributed by atoms with Gasteiger partial charge < -0.3 is 4.74 Å².